The largest absolute Gasteiger partial charge is 0.491 e. The molecule has 2 N–H and O–H groups in total. The molecule has 0 bridgehead atoms. The molecular weight excluding hydrogens is 286 g/mol. The monoisotopic (exact) mass is 307 g/mol. The molecule has 1 aromatic carbocycles. The van der Waals surface area contributed by atoms with Gasteiger partial charge in [-0.2, -0.15) is 0 Å². The Morgan fingerprint density at radius 3 is 2.90 bits per heavy atom. The van der Waals surface area contributed by atoms with Crippen LogP contribution < -0.4 is 10.1 Å². The fraction of sp³-hybridized carbons (Fsp3) is 0.467. The van der Waals surface area contributed by atoms with E-state index in [1.807, 2.05) is 36.6 Å². The van der Waals surface area contributed by atoms with E-state index in [-0.39, 0.29) is 11.9 Å². The Hall–Kier alpha value is -1.82. The van der Waals surface area contributed by atoms with Crippen LogP contribution in [-0.2, 0) is 4.79 Å². The standard InChI is InChI=1S/C15H21N3O2S/c1-4-9-20-12-8-6-7-11-13(12)17-15(21)18(11)10(3)14(19)16-5-2/h6-8,10H,4-5,9H2,1-3H3,(H,16,19)(H,17,21). The van der Waals surface area contributed by atoms with Gasteiger partial charge in [-0.15, -0.1) is 0 Å². The number of ether oxygens (including phenoxy) is 1. The number of amides is 1. The van der Waals surface area contributed by atoms with Crippen molar-refractivity contribution in [3.05, 3.63) is 23.0 Å². The number of rotatable bonds is 6. The Morgan fingerprint density at radius 2 is 2.24 bits per heavy atom. The Labute approximate surface area is 129 Å². The molecule has 1 atom stereocenters. The van der Waals surface area contributed by atoms with E-state index in [0.717, 1.165) is 23.2 Å². The summed E-state index contributed by atoms with van der Waals surface area (Å²) in [7, 11) is 0. The summed E-state index contributed by atoms with van der Waals surface area (Å²) in [6.45, 7) is 7.05. The van der Waals surface area contributed by atoms with Crippen LogP contribution in [0.3, 0.4) is 0 Å². The highest BCUT2D eigenvalue weighted by Crippen LogP contribution is 2.27. The van der Waals surface area contributed by atoms with Gasteiger partial charge in [0.1, 0.15) is 17.3 Å². The van der Waals surface area contributed by atoms with E-state index in [1.54, 1.807) is 0 Å². The van der Waals surface area contributed by atoms with E-state index in [0.29, 0.717) is 17.9 Å². The number of carbonyl (C=O) groups excluding carboxylic acids is 1. The number of imidazole rings is 1. The van der Waals surface area contributed by atoms with Crippen molar-refractivity contribution in [3.63, 3.8) is 0 Å². The Balaban J connectivity index is 2.48. The maximum Gasteiger partial charge on any atom is 0.242 e. The molecule has 1 aromatic heterocycles. The maximum absolute atomic E-state index is 12.1. The summed E-state index contributed by atoms with van der Waals surface area (Å²) in [6.07, 6.45) is 0.938. The highest BCUT2D eigenvalue weighted by molar-refractivity contribution is 7.71. The number of carbonyl (C=O) groups is 1. The van der Waals surface area contributed by atoms with Crippen molar-refractivity contribution in [1.82, 2.24) is 14.9 Å². The number of para-hydroxylation sites is 1. The predicted molar refractivity (Wildman–Crippen MR) is 86.3 cm³/mol. The van der Waals surface area contributed by atoms with E-state index >= 15 is 0 Å². The van der Waals surface area contributed by atoms with E-state index in [1.165, 1.54) is 0 Å². The number of likely N-dealkylation sites (N-methyl/N-ethyl adjacent to an activating group) is 1. The number of nitrogens with zero attached hydrogens (tertiary/aromatic N) is 1. The molecule has 0 aliphatic rings. The van der Waals surface area contributed by atoms with Crippen LogP contribution in [0.5, 0.6) is 5.75 Å². The van der Waals surface area contributed by atoms with E-state index in [2.05, 4.69) is 17.2 Å². The number of benzene rings is 1. The lowest BCUT2D eigenvalue weighted by molar-refractivity contribution is -0.123. The molecule has 1 unspecified atom stereocenters. The molecule has 0 saturated heterocycles. The zero-order valence-electron chi connectivity index (χ0n) is 12.6. The van der Waals surface area contributed by atoms with Gasteiger partial charge in [0, 0.05) is 6.54 Å². The molecule has 6 heteroatoms. The number of aromatic nitrogens is 2. The van der Waals surface area contributed by atoms with Crippen molar-refractivity contribution in [2.75, 3.05) is 13.2 Å². The van der Waals surface area contributed by atoms with Crippen molar-refractivity contribution in [3.8, 4) is 5.75 Å². The quantitative estimate of drug-likeness (QED) is 0.806. The van der Waals surface area contributed by atoms with Gasteiger partial charge >= 0.3 is 0 Å². The normalized spacial score (nSPS) is 12.3. The molecule has 1 heterocycles. The SMILES string of the molecule is CCCOc1cccc2c1[nH]c(=S)n2C(C)C(=O)NCC. The first-order valence-electron chi connectivity index (χ1n) is 7.23. The third kappa shape index (κ3) is 3.10. The first-order valence-corrected chi connectivity index (χ1v) is 7.64. The minimum absolute atomic E-state index is 0.0469. The zero-order valence-corrected chi connectivity index (χ0v) is 13.4. The minimum atomic E-state index is -0.368. The first-order chi connectivity index (χ1) is 10.1. The number of hydrogen-bond donors (Lipinski definition) is 2. The molecule has 0 aliphatic heterocycles. The smallest absolute Gasteiger partial charge is 0.242 e. The molecule has 114 valence electrons. The summed E-state index contributed by atoms with van der Waals surface area (Å²) in [5, 5.41) is 2.82. The predicted octanol–water partition coefficient (Wildman–Crippen LogP) is 3.18. The van der Waals surface area contributed by atoms with Crippen LogP contribution in [0.25, 0.3) is 11.0 Å². The molecule has 2 aromatic rings. The highest BCUT2D eigenvalue weighted by Gasteiger charge is 2.19. The van der Waals surface area contributed by atoms with Crippen molar-refractivity contribution in [2.24, 2.45) is 0 Å². The van der Waals surface area contributed by atoms with Gasteiger partial charge in [-0.05, 0) is 44.6 Å². The Morgan fingerprint density at radius 1 is 1.48 bits per heavy atom. The van der Waals surface area contributed by atoms with Crippen molar-refractivity contribution < 1.29 is 9.53 Å². The summed E-state index contributed by atoms with van der Waals surface area (Å²) in [6, 6.07) is 5.39. The average Bonchev–Trinajstić information content (AvgIpc) is 2.81. The second kappa shape index (κ2) is 6.76. The molecule has 0 saturated carbocycles. The van der Waals surface area contributed by atoms with Crippen LogP contribution in [0, 0.1) is 4.77 Å². The number of nitrogens with one attached hydrogen (secondary N) is 2. The number of H-pyrrole nitrogens is 1. The zero-order chi connectivity index (χ0) is 15.4. The summed E-state index contributed by atoms with van der Waals surface area (Å²) >= 11 is 5.38. The number of aromatic amines is 1. The first kappa shape index (κ1) is 15.6. The van der Waals surface area contributed by atoms with Gasteiger partial charge in [0.05, 0.1) is 12.1 Å². The molecule has 2 rings (SSSR count). The third-order valence-electron chi connectivity index (χ3n) is 3.29. The average molecular weight is 307 g/mol. The molecule has 1 amide bonds. The second-order valence-electron chi connectivity index (χ2n) is 4.87. The topological polar surface area (TPSA) is 59.0 Å². The fourth-order valence-corrected chi connectivity index (χ4v) is 2.64. The van der Waals surface area contributed by atoms with Crippen LogP contribution in [0.15, 0.2) is 18.2 Å². The molecule has 0 radical (unpaired) electrons. The molecule has 0 spiro atoms. The highest BCUT2D eigenvalue weighted by atomic mass is 32.1. The van der Waals surface area contributed by atoms with Gasteiger partial charge in [0.25, 0.3) is 0 Å². The maximum atomic E-state index is 12.1. The fourth-order valence-electron chi connectivity index (χ4n) is 2.28. The summed E-state index contributed by atoms with van der Waals surface area (Å²) in [4.78, 5) is 15.2. The van der Waals surface area contributed by atoms with Crippen molar-refractivity contribution >= 4 is 29.2 Å². The second-order valence-corrected chi connectivity index (χ2v) is 5.26. The summed E-state index contributed by atoms with van der Waals surface area (Å²) in [5.41, 5.74) is 1.72. The molecule has 21 heavy (non-hydrogen) atoms. The lowest BCUT2D eigenvalue weighted by Crippen LogP contribution is -2.30. The Bertz CT molecular complexity index is 690. The van der Waals surface area contributed by atoms with E-state index in [9.17, 15) is 4.79 Å². The minimum Gasteiger partial charge on any atom is -0.491 e. The van der Waals surface area contributed by atoms with Crippen LogP contribution in [0.2, 0.25) is 0 Å². The lowest BCUT2D eigenvalue weighted by Gasteiger charge is -2.14. The van der Waals surface area contributed by atoms with Gasteiger partial charge in [-0.3, -0.25) is 4.79 Å². The van der Waals surface area contributed by atoms with E-state index in [4.69, 9.17) is 17.0 Å². The van der Waals surface area contributed by atoms with Crippen LogP contribution in [-0.4, -0.2) is 28.6 Å². The van der Waals surface area contributed by atoms with Crippen LogP contribution >= 0.6 is 12.2 Å². The van der Waals surface area contributed by atoms with Gasteiger partial charge in [-0.1, -0.05) is 13.0 Å². The molecule has 0 fully saturated rings. The van der Waals surface area contributed by atoms with Crippen molar-refractivity contribution in [1.29, 1.82) is 0 Å². The number of fused-ring (bicyclic) bond motifs is 1. The molecule has 5 nitrogen and oxygen atoms in total. The molecular formula is C15H21N3O2S. The summed E-state index contributed by atoms with van der Waals surface area (Å²) in [5.74, 6) is 0.719. The van der Waals surface area contributed by atoms with E-state index < -0.39 is 0 Å². The van der Waals surface area contributed by atoms with Gasteiger partial charge in [-0.25, -0.2) is 0 Å². The van der Waals surface area contributed by atoms with Gasteiger partial charge < -0.3 is 19.6 Å². The molecule has 0 aliphatic carbocycles. The lowest BCUT2D eigenvalue weighted by atomic mass is 10.2. The summed E-state index contributed by atoms with van der Waals surface area (Å²) < 4.78 is 8.09. The van der Waals surface area contributed by atoms with Crippen LogP contribution in [0.4, 0.5) is 0 Å². The van der Waals surface area contributed by atoms with Crippen LogP contribution in [0.1, 0.15) is 33.2 Å². The van der Waals surface area contributed by atoms with Crippen molar-refractivity contribution in [2.45, 2.75) is 33.2 Å². The Kier molecular flexibility index (Phi) is 5.01. The third-order valence-corrected chi connectivity index (χ3v) is 3.59. The number of hydrogen-bond acceptors (Lipinski definition) is 3. The van der Waals surface area contributed by atoms with Gasteiger partial charge in [0.2, 0.25) is 5.91 Å². The van der Waals surface area contributed by atoms with Gasteiger partial charge in [0.15, 0.2) is 4.77 Å².